The summed E-state index contributed by atoms with van der Waals surface area (Å²) in [5.41, 5.74) is 4.76. The lowest BCUT2D eigenvalue weighted by molar-refractivity contribution is -0.113. The number of amides is 3. The summed E-state index contributed by atoms with van der Waals surface area (Å²) in [4.78, 5) is 25.1. The van der Waals surface area contributed by atoms with Gasteiger partial charge < -0.3 is 16.0 Å². The lowest BCUT2D eigenvalue weighted by Gasteiger charge is -2.28. The fourth-order valence-electron chi connectivity index (χ4n) is 3.46. The van der Waals surface area contributed by atoms with Crippen LogP contribution < -0.4 is 16.0 Å². The van der Waals surface area contributed by atoms with Gasteiger partial charge in [0.2, 0.25) is 0 Å². The van der Waals surface area contributed by atoms with Crippen LogP contribution in [0.3, 0.4) is 0 Å². The molecule has 0 aromatic heterocycles. The Morgan fingerprint density at radius 3 is 2.07 bits per heavy atom. The molecule has 0 unspecified atom stereocenters. The number of anilines is 1. The van der Waals surface area contributed by atoms with Crippen LogP contribution in [0.15, 0.2) is 96.2 Å². The molecule has 1 aliphatic rings. The topological polar surface area (TPSA) is 70.2 Å². The monoisotopic (exact) mass is 383 g/mol. The average molecular weight is 383 g/mol. The SMILES string of the molecule is CC1=C(C(=O)Nc2ccccc2)[C@H](c2ccc(-c3ccccc3)cc2)NC(=O)N1. The molecule has 0 spiro atoms. The van der Waals surface area contributed by atoms with Gasteiger partial charge in [-0.3, -0.25) is 4.79 Å². The lowest BCUT2D eigenvalue weighted by atomic mass is 9.93. The summed E-state index contributed by atoms with van der Waals surface area (Å²) in [5.74, 6) is -0.252. The molecular formula is C24H21N3O2. The minimum atomic E-state index is -0.530. The van der Waals surface area contributed by atoms with Gasteiger partial charge in [-0.1, -0.05) is 72.8 Å². The maximum absolute atomic E-state index is 13.0. The Morgan fingerprint density at radius 2 is 1.41 bits per heavy atom. The highest BCUT2D eigenvalue weighted by Gasteiger charge is 2.31. The van der Waals surface area contributed by atoms with Gasteiger partial charge in [-0.2, -0.15) is 0 Å². The lowest BCUT2D eigenvalue weighted by Crippen LogP contribution is -2.45. The predicted molar refractivity (Wildman–Crippen MR) is 114 cm³/mol. The quantitative estimate of drug-likeness (QED) is 0.615. The Bertz CT molecular complexity index is 1060. The number of allylic oxidation sites excluding steroid dienone is 1. The first kappa shape index (κ1) is 18.5. The minimum Gasteiger partial charge on any atom is -0.327 e. The zero-order valence-electron chi connectivity index (χ0n) is 16.0. The predicted octanol–water partition coefficient (Wildman–Crippen LogP) is 4.62. The van der Waals surface area contributed by atoms with Gasteiger partial charge in [-0.25, -0.2) is 4.79 Å². The maximum atomic E-state index is 13.0. The second kappa shape index (κ2) is 8.02. The van der Waals surface area contributed by atoms with Crippen LogP contribution in [0, 0.1) is 0 Å². The number of rotatable bonds is 4. The van der Waals surface area contributed by atoms with Gasteiger partial charge in [0.05, 0.1) is 11.6 Å². The van der Waals surface area contributed by atoms with E-state index in [1.54, 1.807) is 6.92 Å². The van der Waals surface area contributed by atoms with Crippen molar-refractivity contribution < 1.29 is 9.59 Å². The van der Waals surface area contributed by atoms with E-state index in [1.807, 2.05) is 84.9 Å². The highest BCUT2D eigenvalue weighted by molar-refractivity contribution is 6.06. The molecular weight excluding hydrogens is 362 g/mol. The zero-order chi connectivity index (χ0) is 20.2. The fourth-order valence-corrected chi connectivity index (χ4v) is 3.46. The molecule has 3 aromatic carbocycles. The Balaban J connectivity index is 1.64. The summed E-state index contributed by atoms with van der Waals surface area (Å²) in [7, 11) is 0. The molecule has 3 amide bonds. The van der Waals surface area contributed by atoms with Crippen molar-refractivity contribution in [3.8, 4) is 11.1 Å². The number of nitrogens with one attached hydrogen (secondary N) is 3. The van der Waals surface area contributed by atoms with Crippen molar-refractivity contribution in [2.24, 2.45) is 0 Å². The van der Waals surface area contributed by atoms with Crippen LogP contribution in [0.5, 0.6) is 0 Å². The minimum absolute atomic E-state index is 0.252. The van der Waals surface area contributed by atoms with Crippen molar-refractivity contribution in [1.82, 2.24) is 10.6 Å². The first-order valence-electron chi connectivity index (χ1n) is 9.42. The van der Waals surface area contributed by atoms with Crippen LogP contribution in [0.1, 0.15) is 18.5 Å². The largest absolute Gasteiger partial charge is 0.327 e. The normalized spacial score (nSPS) is 16.0. The highest BCUT2D eigenvalue weighted by atomic mass is 16.2. The molecule has 0 fully saturated rings. The molecule has 144 valence electrons. The van der Waals surface area contributed by atoms with Crippen molar-refractivity contribution in [2.45, 2.75) is 13.0 Å². The van der Waals surface area contributed by atoms with Crippen LogP contribution in [0.25, 0.3) is 11.1 Å². The Labute approximate surface area is 169 Å². The van der Waals surface area contributed by atoms with Crippen LogP contribution in [0.2, 0.25) is 0 Å². The van der Waals surface area contributed by atoms with E-state index < -0.39 is 6.04 Å². The van der Waals surface area contributed by atoms with Gasteiger partial charge in [-0.05, 0) is 35.7 Å². The number of carbonyl (C=O) groups is 2. The molecule has 1 atom stereocenters. The molecule has 0 radical (unpaired) electrons. The standard InChI is InChI=1S/C24H21N3O2/c1-16-21(23(28)26-20-10-6-3-7-11-20)22(27-24(29)25-16)19-14-12-18(13-15-19)17-8-4-2-5-9-17/h2-15,22H,1H3,(H,26,28)(H2,25,27,29)/t22-/m0/s1. The molecule has 0 bridgehead atoms. The summed E-state index contributed by atoms with van der Waals surface area (Å²) in [6, 6.07) is 26.4. The zero-order valence-corrected chi connectivity index (χ0v) is 16.0. The van der Waals surface area contributed by atoms with Crippen molar-refractivity contribution in [3.05, 3.63) is 102 Å². The van der Waals surface area contributed by atoms with Crippen molar-refractivity contribution in [3.63, 3.8) is 0 Å². The Kier molecular flexibility index (Phi) is 5.12. The number of para-hydroxylation sites is 1. The number of hydrogen-bond acceptors (Lipinski definition) is 2. The van der Waals surface area contributed by atoms with Gasteiger partial charge in [-0.15, -0.1) is 0 Å². The second-order valence-corrected chi connectivity index (χ2v) is 6.88. The summed E-state index contributed by atoms with van der Waals surface area (Å²) in [6.07, 6.45) is 0. The third kappa shape index (κ3) is 4.04. The van der Waals surface area contributed by atoms with Gasteiger partial charge in [0.15, 0.2) is 0 Å². The number of hydrogen-bond donors (Lipinski definition) is 3. The molecule has 3 N–H and O–H groups in total. The Morgan fingerprint density at radius 1 is 0.828 bits per heavy atom. The van der Waals surface area contributed by atoms with Crippen LogP contribution in [-0.2, 0) is 4.79 Å². The van der Waals surface area contributed by atoms with E-state index in [1.165, 1.54) is 0 Å². The first-order valence-corrected chi connectivity index (χ1v) is 9.42. The van der Waals surface area contributed by atoms with Gasteiger partial charge in [0.1, 0.15) is 0 Å². The third-order valence-electron chi connectivity index (χ3n) is 4.90. The van der Waals surface area contributed by atoms with Crippen LogP contribution in [-0.4, -0.2) is 11.9 Å². The van der Waals surface area contributed by atoms with Crippen molar-refractivity contribution >= 4 is 17.6 Å². The van der Waals surface area contributed by atoms with E-state index in [2.05, 4.69) is 16.0 Å². The van der Waals surface area contributed by atoms with E-state index in [4.69, 9.17) is 0 Å². The Hall–Kier alpha value is -3.86. The summed E-state index contributed by atoms with van der Waals surface area (Å²) < 4.78 is 0. The highest BCUT2D eigenvalue weighted by Crippen LogP contribution is 2.29. The average Bonchev–Trinajstić information content (AvgIpc) is 2.74. The van der Waals surface area contributed by atoms with Crippen LogP contribution in [0.4, 0.5) is 10.5 Å². The number of carbonyl (C=O) groups excluding carboxylic acids is 2. The molecule has 0 saturated carbocycles. The fraction of sp³-hybridized carbons (Fsp3) is 0.0833. The smallest absolute Gasteiger partial charge is 0.319 e. The first-order chi connectivity index (χ1) is 14.1. The van der Waals surface area contributed by atoms with Gasteiger partial charge >= 0.3 is 6.03 Å². The maximum Gasteiger partial charge on any atom is 0.319 e. The molecule has 0 saturated heterocycles. The molecule has 29 heavy (non-hydrogen) atoms. The van der Waals surface area contributed by atoms with Crippen molar-refractivity contribution in [2.75, 3.05) is 5.32 Å². The molecule has 4 rings (SSSR count). The number of benzene rings is 3. The van der Waals surface area contributed by atoms with Crippen molar-refractivity contribution in [1.29, 1.82) is 0 Å². The van der Waals surface area contributed by atoms with E-state index in [0.29, 0.717) is 17.0 Å². The molecule has 5 nitrogen and oxygen atoms in total. The molecule has 5 heteroatoms. The second-order valence-electron chi connectivity index (χ2n) is 6.88. The van der Waals surface area contributed by atoms with E-state index in [9.17, 15) is 9.59 Å². The third-order valence-corrected chi connectivity index (χ3v) is 4.90. The van der Waals surface area contributed by atoms with Gasteiger partial charge in [0, 0.05) is 11.4 Å². The molecule has 0 aliphatic carbocycles. The molecule has 1 aliphatic heterocycles. The van der Waals surface area contributed by atoms with Crippen LogP contribution >= 0.6 is 0 Å². The van der Waals surface area contributed by atoms with E-state index >= 15 is 0 Å². The van der Waals surface area contributed by atoms with E-state index in [0.717, 1.165) is 16.7 Å². The summed E-state index contributed by atoms with van der Waals surface area (Å²) in [6.45, 7) is 1.74. The summed E-state index contributed by atoms with van der Waals surface area (Å²) in [5, 5.41) is 8.48. The summed E-state index contributed by atoms with van der Waals surface area (Å²) >= 11 is 0. The number of urea groups is 1. The molecule has 1 heterocycles. The van der Waals surface area contributed by atoms with Gasteiger partial charge in [0.25, 0.3) is 5.91 Å². The van der Waals surface area contributed by atoms with E-state index in [-0.39, 0.29) is 11.9 Å². The molecule has 3 aromatic rings.